The Labute approximate surface area is 193 Å². The first kappa shape index (κ1) is 22.9. The Balaban J connectivity index is 1.55. The molecule has 0 aromatic heterocycles. The van der Waals surface area contributed by atoms with E-state index in [9.17, 15) is 9.59 Å². The summed E-state index contributed by atoms with van der Waals surface area (Å²) in [6, 6.07) is 24.4. The molecule has 0 radical (unpaired) electrons. The van der Waals surface area contributed by atoms with Crippen LogP contribution in [-0.4, -0.2) is 16.9 Å². The molecule has 0 spiro atoms. The van der Waals surface area contributed by atoms with Gasteiger partial charge in [0.05, 0.1) is 6.04 Å². The van der Waals surface area contributed by atoms with E-state index in [4.69, 9.17) is 12.2 Å². The second-order valence-corrected chi connectivity index (χ2v) is 7.78. The molecule has 0 aliphatic rings. The van der Waals surface area contributed by atoms with Gasteiger partial charge in [0, 0.05) is 17.3 Å². The van der Waals surface area contributed by atoms with Crippen molar-refractivity contribution in [2.45, 2.75) is 19.9 Å². The van der Waals surface area contributed by atoms with E-state index in [0.29, 0.717) is 11.3 Å². The van der Waals surface area contributed by atoms with Crippen LogP contribution < -0.4 is 16.0 Å². The highest BCUT2D eigenvalue weighted by molar-refractivity contribution is 7.80. The molecule has 3 aromatic rings. The molecule has 32 heavy (non-hydrogen) atoms. The first-order valence-electron chi connectivity index (χ1n) is 10.2. The molecule has 0 heterocycles. The van der Waals surface area contributed by atoms with Crippen LogP contribution in [0.2, 0.25) is 0 Å². The molecule has 0 aliphatic heterocycles. The molecule has 3 rings (SSSR count). The largest absolute Gasteiger partial charge is 0.346 e. The maximum Gasteiger partial charge on any atom is 0.251 e. The van der Waals surface area contributed by atoms with Gasteiger partial charge in [0.1, 0.15) is 0 Å². The van der Waals surface area contributed by atoms with E-state index in [1.54, 1.807) is 30.3 Å². The highest BCUT2D eigenvalue weighted by Crippen LogP contribution is 2.15. The summed E-state index contributed by atoms with van der Waals surface area (Å²) in [5.74, 6) is -0.533. The summed E-state index contributed by atoms with van der Waals surface area (Å²) in [4.78, 5) is 24.8. The number of anilines is 1. The molecule has 6 heteroatoms. The zero-order valence-electron chi connectivity index (χ0n) is 18.0. The lowest BCUT2D eigenvalue weighted by Gasteiger charge is -2.15. The molecule has 0 aliphatic carbocycles. The highest BCUT2D eigenvalue weighted by Gasteiger charge is 2.12. The number of amides is 2. The van der Waals surface area contributed by atoms with Gasteiger partial charge >= 0.3 is 0 Å². The van der Waals surface area contributed by atoms with Gasteiger partial charge in [-0.25, -0.2) is 0 Å². The molecule has 2 amide bonds. The van der Waals surface area contributed by atoms with Crippen molar-refractivity contribution in [1.29, 1.82) is 0 Å². The normalized spacial score (nSPS) is 11.6. The molecular weight excluding hydrogens is 418 g/mol. The predicted octanol–water partition coefficient (Wildman–Crippen LogP) is 5.01. The van der Waals surface area contributed by atoms with Crippen LogP contribution in [0.4, 0.5) is 5.69 Å². The second-order valence-electron chi connectivity index (χ2n) is 7.37. The van der Waals surface area contributed by atoms with Crippen molar-refractivity contribution in [1.82, 2.24) is 10.6 Å². The molecule has 0 saturated carbocycles. The van der Waals surface area contributed by atoms with E-state index in [1.807, 2.05) is 68.4 Å². The lowest BCUT2D eigenvalue weighted by atomic mass is 10.1. The Bertz CT molecular complexity index is 1130. The van der Waals surface area contributed by atoms with Crippen molar-refractivity contribution in [3.8, 4) is 0 Å². The number of carbonyl (C=O) groups is 2. The zero-order chi connectivity index (χ0) is 22.9. The van der Waals surface area contributed by atoms with E-state index >= 15 is 0 Å². The molecule has 3 N–H and O–H groups in total. The number of benzene rings is 3. The summed E-state index contributed by atoms with van der Waals surface area (Å²) in [5, 5.41) is 8.68. The van der Waals surface area contributed by atoms with Gasteiger partial charge in [-0.1, -0.05) is 66.2 Å². The minimum absolute atomic E-state index is 0.124. The number of rotatable bonds is 6. The third kappa shape index (κ3) is 6.89. The van der Waals surface area contributed by atoms with Crippen molar-refractivity contribution >= 4 is 40.9 Å². The first-order valence-corrected chi connectivity index (χ1v) is 10.6. The monoisotopic (exact) mass is 443 g/mol. The number of hydrogen-bond donors (Lipinski definition) is 3. The van der Waals surface area contributed by atoms with Crippen molar-refractivity contribution in [2.24, 2.45) is 0 Å². The van der Waals surface area contributed by atoms with Crippen molar-refractivity contribution in [3.05, 3.63) is 107 Å². The Morgan fingerprint density at radius 3 is 2.38 bits per heavy atom. The van der Waals surface area contributed by atoms with Crippen LogP contribution in [0.5, 0.6) is 0 Å². The number of aryl methyl sites for hydroxylation is 1. The Kier molecular flexibility index (Phi) is 7.89. The fraction of sp³-hybridized carbons (Fsp3) is 0.115. The summed E-state index contributed by atoms with van der Waals surface area (Å²) in [6.07, 6.45) is 3.14. The molecule has 3 aromatic carbocycles. The Morgan fingerprint density at radius 1 is 0.938 bits per heavy atom. The van der Waals surface area contributed by atoms with E-state index in [1.165, 1.54) is 6.08 Å². The average molecular weight is 444 g/mol. The zero-order valence-corrected chi connectivity index (χ0v) is 18.8. The van der Waals surface area contributed by atoms with Crippen LogP contribution in [-0.2, 0) is 4.79 Å². The molecule has 0 saturated heterocycles. The molecule has 0 bridgehead atoms. The fourth-order valence-electron chi connectivity index (χ4n) is 3.01. The van der Waals surface area contributed by atoms with Gasteiger partial charge < -0.3 is 10.6 Å². The van der Waals surface area contributed by atoms with E-state index in [0.717, 1.165) is 16.7 Å². The smallest absolute Gasteiger partial charge is 0.251 e. The minimum Gasteiger partial charge on any atom is -0.346 e. The maximum absolute atomic E-state index is 12.6. The van der Waals surface area contributed by atoms with Crippen LogP contribution in [0.1, 0.15) is 40.0 Å². The lowest BCUT2D eigenvalue weighted by molar-refractivity contribution is -0.115. The van der Waals surface area contributed by atoms with E-state index < -0.39 is 0 Å². The molecule has 5 nitrogen and oxygen atoms in total. The van der Waals surface area contributed by atoms with Gasteiger partial charge in [-0.3, -0.25) is 14.9 Å². The van der Waals surface area contributed by atoms with Crippen LogP contribution in [0.15, 0.2) is 84.9 Å². The van der Waals surface area contributed by atoms with Gasteiger partial charge in [-0.15, -0.1) is 0 Å². The third-order valence-electron chi connectivity index (χ3n) is 4.77. The van der Waals surface area contributed by atoms with Gasteiger partial charge in [0.15, 0.2) is 5.11 Å². The summed E-state index contributed by atoms with van der Waals surface area (Å²) in [5.41, 5.74) is 4.21. The standard InChI is InChI=1S/C26H25N3O2S/c1-18-11-13-20(14-12-18)15-16-24(30)29-26(32)28-23-10-6-9-22(17-23)25(31)27-19(2)21-7-4-3-5-8-21/h3-17,19H,1-2H3,(H,27,31)(H2,28,29,30,32)/b16-15+. The van der Waals surface area contributed by atoms with E-state index in [-0.39, 0.29) is 23.0 Å². The minimum atomic E-state index is -0.339. The first-order chi connectivity index (χ1) is 15.4. The highest BCUT2D eigenvalue weighted by atomic mass is 32.1. The average Bonchev–Trinajstić information content (AvgIpc) is 2.79. The lowest BCUT2D eigenvalue weighted by Crippen LogP contribution is -2.33. The summed E-state index contributed by atoms with van der Waals surface area (Å²) < 4.78 is 0. The van der Waals surface area contributed by atoms with E-state index in [2.05, 4.69) is 16.0 Å². The predicted molar refractivity (Wildman–Crippen MR) is 133 cm³/mol. The van der Waals surface area contributed by atoms with Gasteiger partial charge in [0.2, 0.25) is 5.91 Å². The van der Waals surface area contributed by atoms with Crippen molar-refractivity contribution < 1.29 is 9.59 Å². The van der Waals surface area contributed by atoms with Crippen LogP contribution >= 0.6 is 12.2 Å². The van der Waals surface area contributed by atoms with Gasteiger partial charge in [0.25, 0.3) is 5.91 Å². The molecule has 1 unspecified atom stereocenters. The van der Waals surface area contributed by atoms with Crippen LogP contribution in [0, 0.1) is 6.92 Å². The number of hydrogen-bond acceptors (Lipinski definition) is 3. The van der Waals surface area contributed by atoms with Gasteiger partial charge in [-0.2, -0.15) is 0 Å². The molecule has 0 fully saturated rings. The Morgan fingerprint density at radius 2 is 1.66 bits per heavy atom. The summed E-state index contributed by atoms with van der Waals surface area (Å²) >= 11 is 5.23. The second kappa shape index (κ2) is 11.0. The summed E-state index contributed by atoms with van der Waals surface area (Å²) in [6.45, 7) is 3.94. The molecule has 162 valence electrons. The quantitative estimate of drug-likeness (QED) is 0.370. The molecule has 1 atom stereocenters. The Hall–Kier alpha value is -3.77. The summed E-state index contributed by atoms with van der Waals surface area (Å²) in [7, 11) is 0. The van der Waals surface area contributed by atoms with Crippen LogP contribution in [0.3, 0.4) is 0 Å². The molecular formula is C26H25N3O2S. The fourth-order valence-corrected chi connectivity index (χ4v) is 3.23. The third-order valence-corrected chi connectivity index (χ3v) is 4.98. The topological polar surface area (TPSA) is 70.2 Å². The van der Waals surface area contributed by atoms with Crippen molar-refractivity contribution in [3.63, 3.8) is 0 Å². The number of nitrogens with one attached hydrogen (secondary N) is 3. The number of carbonyl (C=O) groups excluding carboxylic acids is 2. The maximum atomic E-state index is 12.6. The number of thiocarbonyl (C=S) groups is 1. The van der Waals surface area contributed by atoms with Crippen molar-refractivity contribution in [2.75, 3.05) is 5.32 Å². The SMILES string of the molecule is Cc1ccc(/C=C/C(=O)NC(=S)Nc2cccc(C(=O)NC(C)c3ccccc3)c2)cc1. The van der Waals surface area contributed by atoms with Gasteiger partial charge in [-0.05, 0) is 61.5 Å². The van der Waals surface area contributed by atoms with Crippen LogP contribution in [0.25, 0.3) is 6.08 Å².